The van der Waals surface area contributed by atoms with Crippen LogP contribution in [0.4, 0.5) is 11.5 Å². The van der Waals surface area contributed by atoms with E-state index in [9.17, 15) is 9.59 Å². The molecular formula is C17H21N5O3S. The molecule has 8 nitrogen and oxygen atoms in total. The molecule has 3 rings (SSSR count). The van der Waals surface area contributed by atoms with Crippen LogP contribution in [-0.4, -0.2) is 59.4 Å². The monoisotopic (exact) mass is 375 g/mol. The number of rotatable bonds is 6. The first-order valence-electron chi connectivity index (χ1n) is 8.32. The van der Waals surface area contributed by atoms with E-state index in [-0.39, 0.29) is 11.5 Å². The number of anilines is 2. The van der Waals surface area contributed by atoms with E-state index >= 15 is 0 Å². The number of carbonyl (C=O) groups is 1. The van der Waals surface area contributed by atoms with Gasteiger partial charge >= 0.3 is 0 Å². The van der Waals surface area contributed by atoms with Gasteiger partial charge in [-0.25, -0.2) is 4.98 Å². The molecule has 26 heavy (non-hydrogen) atoms. The van der Waals surface area contributed by atoms with Gasteiger partial charge in [0.05, 0.1) is 13.2 Å². The van der Waals surface area contributed by atoms with Crippen molar-refractivity contribution in [2.75, 3.05) is 49.7 Å². The molecule has 0 bridgehead atoms. The fourth-order valence-electron chi connectivity index (χ4n) is 2.53. The van der Waals surface area contributed by atoms with Gasteiger partial charge < -0.3 is 15.8 Å². The number of hydrogen-bond acceptors (Lipinski definition) is 7. The van der Waals surface area contributed by atoms with Crippen LogP contribution >= 0.6 is 11.8 Å². The topological polar surface area (TPSA) is 113 Å². The zero-order valence-corrected chi connectivity index (χ0v) is 15.1. The smallest absolute Gasteiger partial charge is 0.277 e. The highest BCUT2D eigenvalue weighted by Gasteiger charge is 2.14. The van der Waals surface area contributed by atoms with Gasteiger partial charge in [-0.05, 0) is 12.1 Å². The number of morpholine rings is 1. The number of nitrogen functional groups attached to an aromatic ring is 1. The Kier molecular flexibility index (Phi) is 6.26. The summed E-state index contributed by atoms with van der Waals surface area (Å²) in [6, 6.07) is 8.61. The Morgan fingerprint density at radius 3 is 2.73 bits per heavy atom. The lowest BCUT2D eigenvalue weighted by Gasteiger charge is -2.26. The SMILES string of the molecule is Nc1nc(SCCN2CCOCC2)[nH]c(=O)c1NC(=O)c1ccccc1. The Hall–Kier alpha value is -2.36. The number of benzene rings is 1. The predicted molar refractivity (Wildman–Crippen MR) is 102 cm³/mol. The first kappa shape index (κ1) is 18.4. The van der Waals surface area contributed by atoms with Crippen LogP contribution in [0.1, 0.15) is 10.4 Å². The number of aromatic amines is 1. The predicted octanol–water partition coefficient (Wildman–Crippen LogP) is 1.03. The van der Waals surface area contributed by atoms with Gasteiger partial charge in [-0.15, -0.1) is 0 Å². The van der Waals surface area contributed by atoms with E-state index in [0.29, 0.717) is 10.7 Å². The summed E-state index contributed by atoms with van der Waals surface area (Å²) < 4.78 is 5.31. The molecule has 0 atom stereocenters. The number of amides is 1. The van der Waals surface area contributed by atoms with E-state index in [0.717, 1.165) is 38.6 Å². The second-order valence-corrected chi connectivity index (χ2v) is 6.84. The number of nitrogens with two attached hydrogens (primary N) is 1. The Morgan fingerprint density at radius 2 is 2.04 bits per heavy atom. The quantitative estimate of drug-likeness (QED) is 0.510. The number of H-pyrrole nitrogens is 1. The summed E-state index contributed by atoms with van der Waals surface area (Å²) in [6.45, 7) is 4.21. The van der Waals surface area contributed by atoms with E-state index < -0.39 is 11.5 Å². The molecule has 4 N–H and O–H groups in total. The molecule has 0 aliphatic carbocycles. The van der Waals surface area contributed by atoms with Gasteiger partial charge in [0.15, 0.2) is 11.0 Å². The van der Waals surface area contributed by atoms with E-state index in [1.807, 2.05) is 6.07 Å². The van der Waals surface area contributed by atoms with Crippen molar-refractivity contribution in [2.24, 2.45) is 0 Å². The summed E-state index contributed by atoms with van der Waals surface area (Å²) in [4.78, 5) is 33.6. The maximum atomic E-state index is 12.3. The number of thioether (sulfide) groups is 1. The molecule has 1 saturated heterocycles. The van der Waals surface area contributed by atoms with Crippen molar-refractivity contribution in [3.05, 3.63) is 46.2 Å². The zero-order chi connectivity index (χ0) is 18.4. The highest BCUT2D eigenvalue weighted by Crippen LogP contribution is 2.17. The number of carbonyl (C=O) groups excluding carboxylic acids is 1. The minimum atomic E-state index is -0.462. The maximum Gasteiger partial charge on any atom is 0.277 e. The van der Waals surface area contributed by atoms with Crippen molar-refractivity contribution in [1.29, 1.82) is 0 Å². The summed E-state index contributed by atoms with van der Waals surface area (Å²) in [5.41, 5.74) is 5.82. The second kappa shape index (κ2) is 8.84. The van der Waals surface area contributed by atoms with Crippen LogP contribution < -0.4 is 16.6 Å². The van der Waals surface area contributed by atoms with Crippen LogP contribution in [0, 0.1) is 0 Å². The largest absolute Gasteiger partial charge is 0.382 e. The first-order valence-corrected chi connectivity index (χ1v) is 9.31. The van der Waals surface area contributed by atoms with Gasteiger partial charge in [-0.2, -0.15) is 0 Å². The Morgan fingerprint density at radius 1 is 1.31 bits per heavy atom. The van der Waals surface area contributed by atoms with Gasteiger partial charge in [0, 0.05) is 31.0 Å². The molecule has 1 amide bonds. The summed E-state index contributed by atoms with van der Waals surface area (Å²) in [5, 5.41) is 2.97. The first-order chi connectivity index (χ1) is 12.6. The molecule has 0 spiro atoms. The van der Waals surface area contributed by atoms with Crippen LogP contribution in [-0.2, 0) is 4.74 Å². The minimum Gasteiger partial charge on any atom is -0.382 e. The summed E-state index contributed by atoms with van der Waals surface area (Å²) in [7, 11) is 0. The lowest BCUT2D eigenvalue weighted by Crippen LogP contribution is -2.37. The molecule has 1 aromatic carbocycles. The number of hydrogen-bond donors (Lipinski definition) is 3. The van der Waals surface area contributed by atoms with Crippen molar-refractivity contribution in [3.63, 3.8) is 0 Å². The van der Waals surface area contributed by atoms with Crippen molar-refractivity contribution in [1.82, 2.24) is 14.9 Å². The molecule has 1 fully saturated rings. The molecule has 1 aliphatic rings. The summed E-state index contributed by atoms with van der Waals surface area (Å²) in [6.07, 6.45) is 0. The Labute approximate surface area is 155 Å². The number of nitrogens with one attached hydrogen (secondary N) is 2. The number of aromatic nitrogens is 2. The summed E-state index contributed by atoms with van der Waals surface area (Å²) in [5.74, 6) is 0.377. The molecular weight excluding hydrogens is 354 g/mol. The van der Waals surface area contributed by atoms with E-state index in [4.69, 9.17) is 10.5 Å². The van der Waals surface area contributed by atoms with Crippen molar-refractivity contribution in [3.8, 4) is 0 Å². The van der Waals surface area contributed by atoms with Crippen molar-refractivity contribution in [2.45, 2.75) is 5.16 Å². The molecule has 0 radical (unpaired) electrons. The minimum absolute atomic E-state index is 0.00639. The normalized spacial score (nSPS) is 14.9. The van der Waals surface area contributed by atoms with Gasteiger partial charge in [-0.1, -0.05) is 30.0 Å². The lowest BCUT2D eigenvalue weighted by atomic mass is 10.2. The average molecular weight is 375 g/mol. The number of ether oxygens (including phenoxy) is 1. The molecule has 9 heteroatoms. The van der Waals surface area contributed by atoms with Crippen LogP contribution in [0.2, 0.25) is 0 Å². The number of nitrogens with zero attached hydrogens (tertiary/aromatic N) is 2. The standard InChI is InChI=1S/C17H21N5O3S/c18-14-13(19-15(23)12-4-2-1-3-5-12)16(24)21-17(20-14)26-11-8-22-6-9-25-10-7-22/h1-5H,6-11H2,(H,19,23)(H3,18,20,21,24). The Balaban J connectivity index is 1.60. The van der Waals surface area contributed by atoms with Crippen LogP contribution in [0.3, 0.4) is 0 Å². The zero-order valence-electron chi connectivity index (χ0n) is 14.2. The summed E-state index contributed by atoms with van der Waals surface area (Å²) >= 11 is 1.42. The maximum absolute atomic E-state index is 12.3. The molecule has 0 unspecified atom stereocenters. The molecule has 2 heterocycles. The van der Waals surface area contributed by atoms with Crippen molar-refractivity contribution >= 4 is 29.2 Å². The van der Waals surface area contributed by atoms with Gasteiger partial charge in [0.1, 0.15) is 5.69 Å². The highest BCUT2D eigenvalue weighted by molar-refractivity contribution is 7.99. The molecule has 0 saturated carbocycles. The molecule has 2 aromatic rings. The van der Waals surface area contributed by atoms with Crippen LogP contribution in [0.15, 0.2) is 40.3 Å². The average Bonchev–Trinajstić information content (AvgIpc) is 2.66. The van der Waals surface area contributed by atoms with Crippen LogP contribution in [0.25, 0.3) is 0 Å². The van der Waals surface area contributed by atoms with Crippen LogP contribution in [0.5, 0.6) is 0 Å². The Bertz CT molecular complexity index is 806. The third-order valence-electron chi connectivity index (χ3n) is 3.95. The van der Waals surface area contributed by atoms with E-state index in [2.05, 4.69) is 20.2 Å². The molecule has 1 aliphatic heterocycles. The highest BCUT2D eigenvalue weighted by atomic mass is 32.2. The third-order valence-corrected chi connectivity index (χ3v) is 4.80. The van der Waals surface area contributed by atoms with Gasteiger partial charge in [-0.3, -0.25) is 19.5 Å². The molecule has 1 aromatic heterocycles. The van der Waals surface area contributed by atoms with Gasteiger partial charge in [0.25, 0.3) is 11.5 Å². The third kappa shape index (κ3) is 4.84. The lowest BCUT2D eigenvalue weighted by molar-refractivity contribution is 0.0410. The van der Waals surface area contributed by atoms with Gasteiger partial charge in [0.2, 0.25) is 0 Å². The fourth-order valence-corrected chi connectivity index (χ4v) is 3.40. The molecule has 138 valence electrons. The van der Waals surface area contributed by atoms with Crippen molar-refractivity contribution < 1.29 is 9.53 Å². The van der Waals surface area contributed by atoms with E-state index in [1.54, 1.807) is 24.3 Å². The van der Waals surface area contributed by atoms with E-state index in [1.165, 1.54) is 11.8 Å². The fraction of sp³-hybridized carbons (Fsp3) is 0.353. The second-order valence-electron chi connectivity index (χ2n) is 5.75.